The fraction of sp³-hybridized carbons (Fsp3) is 0.214. The molecule has 6 nitrogen and oxygen atoms in total. The van der Waals surface area contributed by atoms with E-state index in [1.807, 2.05) is 30.3 Å². The molecular formula is C14H15N3O3S. The summed E-state index contributed by atoms with van der Waals surface area (Å²) in [7, 11) is 1.31. The van der Waals surface area contributed by atoms with Gasteiger partial charge in [0.25, 0.3) is 5.91 Å². The van der Waals surface area contributed by atoms with Crippen LogP contribution in [0.5, 0.6) is 0 Å². The fourth-order valence-electron chi connectivity index (χ4n) is 1.84. The summed E-state index contributed by atoms with van der Waals surface area (Å²) in [6, 6.07) is 9.33. The van der Waals surface area contributed by atoms with Crippen molar-refractivity contribution in [2.45, 2.75) is 6.42 Å². The molecule has 0 fully saturated rings. The van der Waals surface area contributed by atoms with E-state index in [-0.39, 0.29) is 24.8 Å². The lowest BCUT2D eigenvalue weighted by atomic mass is 10.3. The smallest absolute Gasteiger partial charge is 0.307 e. The Hall–Kier alpha value is -2.41. The van der Waals surface area contributed by atoms with Gasteiger partial charge < -0.3 is 15.0 Å². The average Bonchev–Trinajstić information content (AvgIpc) is 2.89. The standard InChI is InChI=1S/C14H15N3O3S/c1-20-12(18)7-8-15-13(19)11-9-16-14(21)17(11)10-5-3-2-4-6-10/h2-6,9H,7-8H2,1H3,(H,15,19)(H,16,21). The number of para-hydroxylation sites is 1. The Kier molecular flexibility index (Phi) is 4.89. The first kappa shape index (κ1) is 15.0. The molecule has 1 aromatic heterocycles. The number of carbonyl (C=O) groups excluding carboxylic acids is 2. The number of nitrogens with zero attached hydrogens (tertiary/aromatic N) is 1. The number of hydrogen-bond donors (Lipinski definition) is 2. The van der Waals surface area contributed by atoms with Crippen molar-refractivity contribution in [3.05, 3.63) is 47.0 Å². The highest BCUT2D eigenvalue weighted by Crippen LogP contribution is 2.12. The summed E-state index contributed by atoms with van der Waals surface area (Å²) >= 11 is 5.20. The zero-order valence-electron chi connectivity index (χ0n) is 11.5. The third-order valence-corrected chi connectivity index (χ3v) is 3.17. The van der Waals surface area contributed by atoms with Crippen LogP contribution in [0.15, 0.2) is 36.5 Å². The lowest BCUT2D eigenvalue weighted by Crippen LogP contribution is -2.28. The molecule has 0 saturated heterocycles. The van der Waals surface area contributed by atoms with Crippen molar-refractivity contribution in [2.24, 2.45) is 0 Å². The molecule has 1 heterocycles. The number of carbonyl (C=O) groups is 2. The number of benzene rings is 1. The molecule has 1 aromatic carbocycles. The maximum absolute atomic E-state index is 12.2. The molecule has 2 N–H and O–H groups in total. The van der Waals surface area contributed by atoms with E-state index in [0.29, 0.717) is 10.5 Å². The number of amides is 1. The molecule has 0 atom stereocenters. The van der Waals surface area contributed by atoms with Crippen LogP contribution >= 0.6 is 12.2 Å². The molecule has 2 rings (SSSR count). The molecule has 2 aromatic rings. The Morgan fingerprint density at radius 2 is 2.05 bits per heavy atom. The van der Waals surface area contributed by atoms with Crippen LogP contribution in [-0.4, -0.2) is 35.1 Å². The molecule has 0 aliphatic carbocycles. The number of methoxy groups -OCH3 is 1. The molecule has 110 valence electrons. The van der Waals surface area contributed by atoms with E-state index in [9.17, 15) is 9.59 Å². The molecule has 0 saturated carbocycles. The van der Waals surface area contributed by atoms with E-state index < -0.39 is 0 Å². The summed E-state index contributed by atoms with van der Waals surface area (Å²) in [4.78, 5) is 26.0. The Balaban J connectivity index is 2.16. The van der Waals surface area contributed by atoms with Gasteiger partial charge in [-0.15, -0.1) is 0 Å². The van der Waals surface area contributed by atoms with E-state index in [0.717, 1.165) is 5.69 Å². The number of esters is 1. The molecule has 0 unspecified atom stereocenters. The zero-order chi connectivity index (χ0) is 15.2. The minimum atomic E-state index is -0.371. The van der Waals surface area contributed by atoms with Crippen LogP contribution in [0, 0.1) is 4.77 Å². The van der Waals surface area contributed by atoms with Crippen molar-refractivity contribution in [3.63, 3.8) is 0 Å². The number of H-pyrrole nitrogens is 1. The number of ether oxygens (including phenoxy) is 1. The number of imidazole rings is 1. The topological polar surface area (TPSA) is 76.1 Å². The van der Waals surface area contributed by atoms with Gasteiger partial charge in [0.2, 0.25) is 0 Å². The maximum Gasteiger partial charge on any atom is 0.307 e. The minimum absolute atomic E-state index is 0.124. The van der Waals surface area contributed by atoms with Gasteiger partial charge >= 0.3 is 5.97 Å². The van der Waals surface area contributed by atoms with Crippen LogP contribution in [0.3, 0.4) is 0 Å². The molecule has 0 spiro atoms. The van der Waals surface area contributed by atoms with Gasteiger partial charge in [0, 0.05) is 18.4 Å². The van der Waals surface area contributed by atoms with Gasteiger partial charge in [-0.25, -0.2) is 0 Å². The highest BCUT2D eigenvalue weighted by Gasteiger charge is 2.14. The zero-order valence-corrected chi connectivity index (χ0v) is 12.3. The highest BCUT2D eigenvalue weighted by molar-refractivity contribution is 7.71. The lowest BCUT2D eigenvalue weighted by molar-refractivity contribution is -0.140. The molecular weight excluding hydrogens is 290 g/mol. The largest absolute Gasteiger partial charge is 0.469 e. The van der Waals surface area contributed by atoms with Gasteiger partial charge in [0.05, 0.1) is 13.5 Å². The van der Waals surface area contributed by atoms with Gasteiger partial charge in [-0.2, -0.15) is 0 Å². The summed E-state index contributed by atoms with van der Waals surface area (Å²) in [5.74, 6) is -0.681. The fourth-order valence-corrected chi connectivity index (χ4v) is 2.10. The van der Waals surface area contributed by atoms with Gasteiger partial charge in [0.1, 0.15) is 5.69 Å². The highest BCUT2D eigenvalue weighted by atomic mass is 32.1. The summed E-state index contributed by atoms with van der Waals surface area (Å²) in [6.07, 6.45) is 1.67. The molecule has 0 bridgehead atoms. The van der Waals surface area contributed by atoms with E-state index >= 15 is 0 Å². The van der Waals surface area contributed by atoms with Gasteiger partial charge in [0.15, 0.2) is 4.77 Å². The molecule has 21 heavy (non-hydrogen) atoms. The molecule has 0 aliphatic heterocycles. The van der Waals surface area contributed by atoms with Crippen LogP contribution in [0.25, 0.3) is 5.69 Å². The Morgan fingerprint density at radius 3 is 2.71 bits per heavy atom. The van der Waals surface area contributed by atoms with Crippen molar-refractivity contribution < 1.29 is 14.3 Å². The van der Waals surface area contributed by atoms with Gasteiger partial charge in [-0.1, -0.05) is 18.2 Å². The number of rotatable bonds is 5. The Bertz CT molecular complexity index is 691. The lowest BCUT2D eigenvalue weighted by Gasteiger charge is -2.08. The van der Waals surface area contributed by atoms with Crippen molar-refractivity contribution in [1.82, 2.24) is 14.9 Å². The molecule has 1 amide bonds. The molecule has 0 radical (unpaired) electrons. The third-order valence-electron chi connectivity index (χ3n) is 2.87. The van der Waals surface area contributed by atoms with E-state index in [4.69, 9.17) is 12.2 Å². The Morgan fingerprint density at radius 1 is 1.33 bits per heavy atom. The summed E-state index contributed by atoms with van der Waals surface area (Å²) in [6.45, 7) is 0.207. The van der Waals surface area contributed by atoms with Crippen LogP contribution in [0.1, 0.15) is 16.9 Å². The van der Waals surface area contributed by atoms with Gasteiger partial charge in [-0.3, -0.25) is 14.2 Å². The van der Waals surface area contributed by atoms with Crippen molar-refractivity contribution in [2.75, 3.05) is 13.7 Å². The second kappa shape index (κ2) is 6.85. The van der Waals surface area contributed by atoms with Crippen LogP contribution < -0.4 is 5.32 Å². The first-order valence-corrected chi connectivity index (χ1v) is 6.75. The van der Waals surface area contributed by atoms with E-state index in [2.05, 4.69) is 15.0 Å². The summed E-state index contributed by atoms with van der Waals surface area (Å²) < 4.78 is 6.59. The quantitative estimate of drug-likeness (QED) is 0.653. The monoisotopic (exact) mass is 305 g/mol. The maximum atomic E-state index is 12.2. The van der Waals surface area contributed by atoms with Crippen LogP contribution in [0.4, 0.5) is 0 Å². The number of aromatic amines is 1. The number of hydrogen-bond acceptors (Lipinski definition) is 4. The normalized spacial score (nSPS) is 10.1. The van der Waals surface area contributed by atoms with E-state index in [1.54, 1.807) is 10.8 Å². The van der Waals surface area contributed by atoms with Crippen LogP contribution in [0.2, 0.25) is 0 Å². The second-order valence-corrected chi connectivity index (χ2v) is 4.62. The number of aromatic nitrogens is 2. The molecule has 7 heteroatoms. The second-order valence-electron chi connectivity index (χ2n) is 4.23. The van der Waals surface area contributed by atoms with E-state index in [1.165, 1.54) is 7.11 Å². The first-order chi connectivity index (χ1) is 10.1. The van der Waals surface area contributed by atoms with Crippen molar-refractivity contribution in [3.8, 4) is 5.69 Å². The first-order valence-electron chi connectivity index (χ1n) is 6.34. The summed E-state index contributed by atoms with van der Waals surface area (Å²) in [5, 5.41) is 2.66. The van der Waals surface area contributed by atoms with Crippen molar-refractivity contribution >= 4 is 24.1 Å². The number of nitrogens with one attached hydrogen (secondary N) is 2. The van der Waals surface area contributed by atoms with Gasteiger partial charge in [-0.05, 0) is 24.4 Å². The third kappa shape index (κ3) is 3.57. The Labute approximate surface area is 126 Å². The predicted molar refractivity (Wildman–Crippen MR) is 79.9 cm³/mol. The predicted octanol–water partition coefficient (Wildman–Crippen LogP) is 1.83. The van der Waals surface area contributed by atoms with Crippen molar-refractivity contribution in [1.29, 1.82) is 0 Å². The SMILES string of the molecule is COC(=O)CCNC(=O)c1c[nH]c(=S)n1-c1ccccc1. The minimum Gasteiger partial charge on any atom is -0.469 e. The average molecular weight is 305 g/mol. The molecule has 0 aliphatic rings. The van der Waals surface area contributed by atoms with Crippen LogP contribution in [-0.2, 0) is 9.53 Å². The summed E-state index contributed by atoms with van der Waals surface area (Å²) in [5.41, 5.74) is 1.18.